The van der Waals surface area contributed by atoms with E-state index < -0.39 is 25.1 Å². The first-order chi connectivity index (χ1) is 6.39. The fourth-order valence-corrected chi connectivity index (χ4v) is 1.32. The van der Waals surface area contributed by atoms with Crippen LogP contribution in [-0.4, -0.2) is 8.12 Å². The van der Waals surface area contributed by atoms with E-state index >= 15 is 0 Å². The molecule has 0 bridgehead atoms. The maximum atomic E-state index is 12.2. The third-order valence-electron chi connectivity index (χ3n) is 1.19. The van der Waals surface area contributed by atoms with Crippen LogP contribution in [0.25, 0.3) is 0 Å². The number of halogens is 6. The van der Waals surface area contributed by atoms with Crippen LogP contribution in [-0.2, 0) is 0 Å². The van der Waals surface area contributed by atoms with Crippen LogP contribution in [0.5, 0.6) is 0 Å². The van der Waals surface area contributed by atoms with Gasteiger partial charge >= 0.3 is 72.8 Å². The van der Waals surface area contributed by atoms with Crippen LogP contribution in [0.3, 0.4) is 0 Å². The van der Waals surface area contributed by atoms with Gasteiger partial charge in [0.25, 0.3) is 0 Å². The van der Waals surface area contributed by atoms with Crippen LogP contribution in [0, 0.1) is 11.6 Å². The van der Waals surface area contributed by atoms with E-state index in [2.05, 4.69) is 0 Å². The van der Waals surface area contributed by atoms with Gasteiger partial charge in [-0.2, -0.15) is 0 Å². The zero-order chi connectivity index (χ0) is 11.4. The summed E-state index contributed by atoms with van der Waals surface area (Å²) in [5.41, 5.74) is 0. The van der Waals surface area contributed by atoms with Crippen molar-refractivity contribution in [2.24, 2.45) is 0 Å². The van der Waals surface area contributed by atoms with E-state index in [0.717, 1.165) is 0 Å². The van der Waals surface area contributed by atoms with Gasteiger partial charge in [0.15, 0.2) is 0 Å². The monoisotopic (exact) mass is 234 g/mol. The zero-order valence-electron chi connectivity index (χ0n) is 7.00. The van der Waals surface area contributed by atoms with Crippen molar-refractivity contribution in [2.75, 3.05) is 0 Å². The van der Waals surface area contributed by atoms with E-state index in [1.165, 1.54) is 0 Å². The van der Waals surface area contributed by atoms with E-state index in [1.807, 2.05) is 0 Å². The molecule has 0 heterocycles. The summed E-state index contributed by atoms with van der Waals surface area (Å²) >= 11 is 0. The van der Waals surface area contributed by atoms with E-state index in [9.17, 15) is 25.7 Å². The maximum absolute atomic E-state index is 12.2. The summed E-state index contributed by atoms with van der Waals surface area (Å²) in [5, 5.41) is -1.18. The van der Waals surface area contributed by atoms with E-state index in [4.69, 9.17) is 0 Å². The topological polar surface area (TPSA) is 0 Å². The Bertz CT molecular complexity index is 279. The van der Waals surface area contributed by atoms with Gasteiger partial charge in [-0.3, -0.25) is 0 Å². The number of hydrogen-bond donors (Lipinski definition) is 0. The average molecular weight is 234 g/mol. The number of benzene rings is 1. The molecule has 1 aromatic rings. The molecule has 80 valence electrons. The van der Waals surface area contributed by atoms with Crippen molar-refractivity contribution in [1.82, 2.24) is 0 Å². The van der Waals surface area contributed by atoms with Gasteiger partial charge in [0.1, 0.15) is 0 Å². The second-order valence-corrected chi connectivity index (χ2v) is 3.73. The summed E-state index contributed by atoms with van der Waals surface area (Å²) in [4.78, 5) is 0. The predicted molar refractivity (Wildman–Crippen MR) is 47.3 cm³/mol. The number of rotatable bonds is 1. The molecule has 1 aromatic carbocycles. The summed E-state index contributed by atoms with van der Waals surface area (Å²) in [5.74, 6) is -2.40. The summed E-state index contributed by atoms with van der Waals surface area (Å²) < 4.78 is 69.8. The Morgan fingerprint density at radius 3 is 1.50 bits per heavy atom. The van der Waals surface area contributed by atoms with Gasteiger partial charge in [0.05, 0.1) is 0 Å². The minimum atomic E-state index is -6.08. The van der Waals surface area contributed by atoms with Crippen molar-refractivity contribution in [3.8, 4) is 0 Å². The molecule has 0 radical (unpaired) electrons. The second kappa shape index (κ2) is 5.24. The Kier molecular flexibility index (Phi) is 4.98. The fraction of sp³-hybridized carbons (Fsp3) is 0. The molecule has 0 aliphatic rings. The van der Waals surface area contributed by atoms with Gasteiger partial charge in [-0.1, -0.05) is 0 Å². The second-order valence-electron chi connectivity index (χ2n) is 2.16. The summed E-state index contributed by atoms with van der Waals surface area (Å²) in [7, 11) is -5.58. The quantitative estimate of drug-likeness (QED) is 0.397. The summed E-state index contributed by atoms with van der Waals surface area (Å²) in [6.45, 7) is 0. The Morgan fingerprint density at radius 1 is 0.857 bits per heavy atom. The summed E-state index contributed by atoms with van der Waals surface area (Å²) in [6.07, 6.45) is 0. The molecule has 1 rings (SSSR count). The molecule has 14 heavy (non-hydrogen) atoms. The Balaban J connectivity index is 0.000000791. The van der Waals surface area contributed by atoms with Gasteiger partial charge in [-0.15, -0.1) is 0 Å². The molecule has 0 saturated heterocycles. The van der Waals surface area contributed by atoms with Crippen LogP contribution in [0.15, 0.2) is 18.2 Å². The minimum absolute atomic E-state index is 0.301. The Hall–Kier alpha value is -0.705. The van der Waals surface area contributed by atoms with Gasteiger partial charge in [0, 0.05) is 0 Å². The summed E-state index contributed by atoms with van der Waals surface area (Å²) in [6, 6.07) is 1.01. The van der Waals surface area contributed by atoms with E-state index in [1.54, 1.807) is 0 Å². The van der Waals surface area contributed by atoms with Gasteiger partial charge in [-0.25, -0.2) is 0 Å². The number of hydrogen-bond acceptors (Lipinski definition) is 0. The van der Waals surface area contributed by atoms with Crippen molar-refractivity contribution in [3.63, 3.8) is 0 Å². The van der Waals surface area contributed by atoms with Crippen LogP contribution in [0.2, 0.25) is 0 Å². The Morgan fingerprint density at radius 2 is 1.21 bits per heavy atom. The molecule has 0 saturated carbocycles. The average Bonchev–Trinajstić information content (AvgIpc) is 2.04. The van der Waals surface area contributed by atoms with Gasteiger partial charge < -0.3 is 4.32 Å². The molecular formula is C6H6BF6P. The van der Waals surface area contributed by atoms with Crippen molar-refractivity contribution in [1.29, 1.82) is 0 Å². The molecule has 0 amide bonds. The predicted octanol–water partition coefficient (Wildman–Crippen LogP) is 2.50. The first-order valence-electron chi connectivity index (χ1n) is 3.30. The normalized spacial score (nSPS) is 11.6. The SMILES string of the molecule is BF.Fc1cc(F)cc([PH](F)(F)F)c1. The van der Waals surface area contributed by atoms with Crippen molar-refractivity contribution in [3.05, 3.63) is 29.8 Å². The van der Waals surface area contributed by atoms with Crippen LogP contribution in [0.4, 0.5) is 25.7 Å². The van der Waals surface area contributed by atoms with Crippen molar-refractivity contribution < 1.29 is 25.7 Å². The standard InChI is InChI=1S/C6H4F5P.BFH2/c7-4-1-5(8)3-6(2-4)12(9,10)11;1-2/h1-3,12H;1H2. The molecule has 0 atom stereocenters. The van der Waals surface area contributed by atoms with E-state index in [-0.39, 0.29) is 0 Å². The van der Waals surface area contributed by atoms with Crippen molar-refractivity contribution >= 4 is 21.6 Å². The first-order valence-corrected chi connectivity index (χ1v) is 4.94. The molecular weight excluding hydrogens is 228 g/mol. The molecule has 0 aliphatic heterocycles. The zero-order valence-corrected chi connectivity index (χ0v) is 8.00. The molecule has 8 heteroatoms. The first kappa shape index (κ1) is 13.3. The van der Waals surface area contributed by atoms with Gasteiger partial charge in [-0.05, 0) is 0 Å². The third kappa shape index (κ3) is 4.00. The Labute approximate surface area is 78.1 Å². The van der Waals surface area contributed by atoms with Gasteiger partial charge in [0.2, 0.25) is 0 Å². The molecule has 0 unspecified atom stereocenters. The molecule has 0 fully saturated rings. The molecule has 0 nitrogen and oxygen atoms in total. The molecule has 0 N–H and O–H groups in total. The van der Waals surface area contributed by atoms with Crippen molar-refractivity contribution in [2.45, 2.75) is 0 Å². The van der Waals surface area contributed by atoms with E-state index in [0.29, 0.717) is 26.3 Å². The van der Waals surface area contributed by atoms with Crippen LogP contribution in [0.1, 0.15) is 0 Å². The molecule has 0 spiro atoms. The fourth-order valence-electron chi connectivity index (χ4n) is 0.717. The van der Waals surface area contributed by atoms with Crippen LogP contribution < -0.4 is 5.30 Å². The molecule has 0 aromatic heterocycles. The third-order valence-corrected chi connectivity index (χ3v) is 2.13. The van der Waals surface area contributed by atoms with Crippen LogP contribution >= 0.6 is 8.19 Å². The molecule has 0 aliphatic carbocycles.